The van der Waals surface area contributed by atoms with Crippen molar-refractivity contribution in [3.05, 3.63) is 34.9 Å². The van der Waals surface area contributed by atoms with E-state index in [2.05, 4.69) is 29.7 Å². The Morgan fingerprint density at radius 2 is 2.12 bits per heavy atom. The maximum absolute atomic E-state index is 6.26. The normalized spacial score (nSPS) is 23.0. The summed E-state index contributed by atoms with van der Waals surface area (Å²) in [5.41, 5.74) is 1.24. The van der Waals surface area contributed by atoms with Crippen molar-refractivity contribution in [2.75, 3.05) is 39.5 Å². The van der Waals surface area contributed by atoms with Crippen LogP contribution in [-0.4, -0.2) is 51.5 Å². The molecule has 2 heterocycles. The number of rotatable bonds is 6. The molecule has 1 aromatic carbocycles. The van der Waals surface area contributed by atoms with Crippen LogP contribution in [0, 0.1) is 0 Å². The van der Waals surface area contributed by atoms with Crippen LogP contribution in [0.2, 0.25) is 5.02 Å². The maximum Gasteiger partial charge on any atom is 0.191 e. The van der Waals surface area contributed by atoms with E-state index < -0.39 is 0 Å². The number of ether oxygens (including phenoxy) is 2. The number of nitrogens with zero attached hydrogens (tertiary/aromatic N) is 1. The summed E-state index contributed by atoms with van der Waals surface area (Å²) < 4.78 is 11.3. The van der Waals surface area contributed by atoms with Crippen LogP contribution in [0.25, 0.3) is 0 Å². The van der Waals surface area contributed by atoms with E-state index in [4.69, 9.17) is 26.1 Å². The van der Waals surface area contributed by atoms with Gasteiger partial charge < -0.3 is 20.1 Å². The van der Waals surface area contributed by atoms with Crippen molar-refractivity contribution < 1.29 is 9.47 Å². The van der Waals surface area contributed by atoms with Gasteiger partial charge in [0, 0.05) is 43.3 Å². The second-order valence-electron chi connectivity index (χ2n) is 7.11. The quantitative estimate of drug-likeness (QED) is 0.589. The first-order chi connectivity index (χ1) is 12.7. The molecule has 1 atom stereocenters. The monoisotopic (exact) mass is 379 g/mol. The lowest BCUT2D eigenvalue weighted by Gasteiger charge is -2.36. The fraction of sp³-hybridized carbons (Fsp3) is 0.650. The molecule has 2 aliphatic rings. The summed E-state index contributed by atoms with van der Waals surface area (Å²) in [6.07, 6.45) is 4.49. The molecular weight excluding hydrogens is 350 g/mol. The predicted octanol–water partition coefficient (Wildman–Crippen LogP) is 3.12. The smallest absolute Gasteiger partial charge is 0.191 e. The number of nitrogens with one attached hydrogen (secondary N) is 2. The van der Waals surface area contributed by atoms with E-state index in [1.54, 1.807) is 0 Å². The molecule has 6 heteroatoms. The Bertz CT molecular complexity index is 596. The molecule has 2 N–H and O–H groups in total. The fourth-order valence-electron chi connectivity index (χ4n) is 3.71. The van der Waals surface area contributed by atoms with Crippen LogP contribution in [0.15, 0.2) is 29.3 Å². The third-order valence-corrected chi connectivity index (χ3v) is 5.53. The Hall–Kier alpha value is -1.30. The van der Waals surface area contributed by atoms with Gasteiger partial charge in [-0.2, -0.15) is 0 Å². The highest BCUT2D eigenvalue weighted by atomic mass is 35.5. The summed E-state index contributed by atoms with van der Waals surface area (Å²) in [6.45, 7) is 6.85. The Morgan fingerprint density at radius 1 is 1.27 bits per heavy atom. The van der Waals surface area contributed by atoms with Gasteiger partial charge in [0.15, 0.2) is 5.96 Å². The molecule has 0 aliphatic carbocycles. The van der Waals surface area contributed by atoms with Crippen LogP contribution in [-0.2, 0) is 14.9 Å². The number of aliphatic imine (C=N–C) groups is 1. The zero-order valence-electron chi connectivity index (χ0n) is 15.6. The molecule has 0 amide bonds. The van der Waals surface area contributed by atoms with Gasteiger partial charge in [-0.05, 0) is 50.3 Å². The number of halogens is 1. The molecule has 1 aromatic rings. The summed E-state index contributed by atoms with van der Waals surface area (Å²) in [5, 5.41) is 7.57. The highest BCUT2D eigenvalue weighted by Crippen LogP contribution is 2.36. The maximum atomic E-state index is 6.26. The van der Waals surface area contributed by atoms with Crippen LogP contribution >= 0.6 is 11.6 Å². The molecule has 3 rings (SSSR count). The highest BCUT2D eigenvalue weighted by Gasteiger charge is 2.34. The van der Waals surface area contributed by atoms with E-state index in [1.165, 1.54) is 5.56 Å². The summed E-state index contributed by atoms with van der Waals surface area (Å²) in [4.78, 5) is 4.92. The van der Waals surface area contributed by atoms with Crippen LogP contribution in [0.4, 0.5) is 0 Å². The van der Waals surface area contributed by atoms with Gasteiger partial charge in [0.05, 0.1) is 12.6 Å². The van der Waals surface area contributed by atoms with Crippen molar-refractivity contribution >= 4 is 17.6 Å². The van der Waals surface area contributed by atoms with Crippen molar-refractivity contribution in [1.29, 1.82) is 0 Å². The molecule has 26 heavy (non-hydrogen) atoms. The lowest BCUT2D eigenvalue weighted by Crippen LogP contribution is -2.43. The van der Waals surface area contributed by atoms with Gasteiger partial charge in [0.1, 0.15) is 0 Å². The first kappa shape index (κ1) is 19.5. The predicted molar refractivity (Wildman–Crippen MR) is 106 cm³/mol. The molecule has 2 saturated heterocycles. The average Bonchev–Trinajstić information content (AvgIpc) is 3.18. The van der Waals surface area contributed by atoms with E-state index in [9.17, 15) is 0 Å². The largest absolute Gasteiger partial charge is 0.381 e. The second-order valence-corrected chi connectivity index (χ2v) is 7.55. The summed E-state index contributed by atoms with van der Waals surface area (Å²) >= 11 is 6.26. The minimum atomic E-state index is -0.0185. The zero-order chi connectivity index (χ0) is 18.2. The van der Waals surface area contributed by atoms with E-state index in [1.807, 2.05) is 12.1 Å². The van der Waals surface area contributed by atoms with Gasteiger partial charge >= 0.3 is 0 Å². The van der Waals surface area contributed by atoms with Crippen molar-refractivity contribution in [2.24, 2.45) is 4.99 Å². The molecule has 2 fully saturated rings. The topological polar surface area (TPSA) is 54.9 Å². The first-order valence-electron chi connectivity index (χ1n) is 9.69. The van der Waals surface area contributed by atoms with Crippen molar-refractivity contribution in [3.63, 3.8) is 0 Å². The molecule has 0 aromatic heterocycles. The van der Waals surface area contributed by atoms with Crippen LogP contribution in [0.1, 0.15) is 38.2 Å². The van der Waals surface area contributed by atoms with Crippen molar-refractivity contribution in [3.8, 4) is 0 Å². The van der Waals surface area contributed by atoms with Crippen LogP contribution in [0.3, 0.4) is 0 Å². The SMILES string of the molecule is CCNC(=NCC1(c2cccc(Cl)c2)CCOCC1)NCC1CCCO1. The van der Waals surface area contributed by atoms with Gasteiger partial charge in [-0.3, -0.25) is 4.99 Å². The Labute approximate surface area is 161 Å². The zero-order valence-corrected chi connectivity index (χ0v) is 16.4. The summed E-state index contributed by atoms with van der Waals surface area (Å²) in [5.74, 6) is 0.857. The highest BCUT2D eigenvalue weighted by molar-refractivity contribution is 6.30. The van der Waals surface area contributed by atoms with Crippen LogP contribution in [0.5, 0.6) is 0 Å². The van der Waals surface area contributed by atoms with E-state index in [-0.39, 0.29) is 5.41 Å². The van der Waals surface area contributed by atoms with Gasteiger partial charge in [-0.1, -0.05) is 23.7 Å². The van der Waals surface area contributed by atoms with Crippen molar-refractivity contribution in [2.45, 2.75) is 44.1 Å². The third kappa shape index (κ3) is 5.12. The Balaban J connectivity index is 1.72. The number of benzene rings is 1. The fourth-order valence-corrected chi connectivity index (χ4v) is 3.90. The Morgan fingerprint density at radius 3 is 2.81 bits per heavy atom. The molecule has 0 spiro atoms. The first-order valence-corrected chi connectivity index (χ1v) is 10.1. The van der Waals surface area contributed by atoms with Gasteiger partial charge in [-0.15, -0.1) is 0 Å². The van der Waals surface area contributed by atoms with E-state index in [0.29, 0.717) is 6.10 Å². The minimum Gasteiger partial charge on any atom is -0.381 e. The number of hydrogen-bond acceptors (Lipinski definition) is 3. The molecule has 0 radical (unpaired) electrons. The molecular formula is C20H30ClN3O2. The Kier molecular flexibility index (Phi) is 7.17. The van der Waals surface area contributed by atoms with Gasteiger partial charge in [0.2, 0.25) is 0 Å². The molecule has 0 saturated carbocycles. The van der Waals surface area contributed by atoms with Gasteiger partial charge in [-0.25, -0.2) is 0 Å². The molecule has 2 aliphatic heterocycles. The molecule has 144 valence electrons. The molecule has 0 bridgehead atoms. The van der Waals surface area contributed by atoms with E-state index in [0.717, 1.165) is 76.1 Å². The summed E-state index contributed by atoms with van der Waals surface area (Å²) in [6, 6.07) is 8.20. The lowest BCUT2D eigenvalue weighted by molar-refractivity contribution is 0.0531. The molecule has 1 unspecified atom stereocenters. The van der Waals surface area contributed by atoms with E-state index >= 15 is 0 Å². The molecule has 5 nitrogen and oxygen atoms in total. The number of hydrogen-bond donors (Lipinski definition) is 2. The van der Waals surface area contributed by atoms with Crippen molar-refractivity contribution in [1.82, 2.24) is 10.6 Å². The summed E-state index contributed by atoms with van der Waals surface area (Å²) in [7, 11) is 0. The number of guanidine groups is 1. The minimum absolute atomic E-state index is 0.0185. The second kappa shape index (κ2) is 9.58. The standard InChI is InChI=1S/C20H30ClN3O2/c1-2-22-19(23-14-18-7-4-10-26-18)24-15-20(8-11-25-12-9-20)16-5-3-6-17(21)13-16/h3,5-6,13,18H,2,4,7-12,14-15H2,1H3,(H2,22,23,24). The third-order valence-electron chi connectivity index (χ3n) is 5.29. The lowest BCUT2D eigenvalue weighted by atomic mass is 9.74. The van der Waals surface area contributed by atoms with Crippen LogP contribution < -0.4 is 10.6 Å². The average molecular weight is 380 g/mol. The van der Waals surface area contributed by atoms with Gasteiger partial charge in [0.25, 0.3) is 0 Å².